The smallest absolute Gasteiger partial charge is 0.333 e. The molecule has 2 saturated carbocycles. The van der Waals surface area contributed by atoms with Crippen molar-refractivity contribution in [1.82, 2.24) is 10.0 Å². The van der Waals surface area contributed by atoms with Crippen molar-refractivity contribution < 1.29 is 23.1 Å². The van der Waals surface area contributed by atoms with E-state index in [1.165, 1.54) is 6.08 Å². The van der Waals surface area contributed by atoms with E-state index in [0.29, 0.717) is 11.6 Å². The summed E-state index contributed by atoms with van der Waals surface area (Å²) in [6.45, 7) is 0. The van der Waals surface area contributed by atoms with Gasteiger partial charge < -0.3 is 10.4 Å². The second-order valence-corrected chi connectivity index (χ2v) is 8.99. The molecule has 8 heteroatoms. The van der Waals surface area contributed by atoms with Crippen LogP contribution in [0.3, 0.4) is 0 Å². The van der Waals surface area contributed by atoms with Gasteiger partial charge >= 0.3 is 5.97 Å². The molecule has 0 spiro atoms. The fraction of sp³-hybridized carbons (Fsp3) is 0.647. The van der Waals surface area contributed by atoms with Gasteiger partial charge in [-0.25, -0.2) is 13.2 Å². The van der Waals surface area contributed by atoms with E-state index in [0.717, 1.165) is 44.9 Å². The first kappa shape index (κ1) is 18.1. The van der Waals surface area contributed by atoms with Crippen molar-refractivity contribution >= 4 is 21.9 Å². The third-order valence-corrected chi connectivity index (χ3v) is 6.42. The van der Waals surface area contributed by atoms with E-state index in [4.69, 9.17) is 0 Å². The number of allylic oxidation sites excluding steroid dienone is 2. The van der Waals surface area contributed by atoms with E-state index < -0.39 is 27.9 Å². The highest BCUT2D eigenvalue weighted by Crippen LogP contribution is 2.32. The van der Waals surface area contributed by atoms with Gasteiger partial charge in [0.25, 0.3) is 0 Å². The van der Waals surface area contributed by atoms with Crippen LogP contribution in [0.2, 0.25) is 0 Å². The van der Waals surface area contributed by atoms with E-state index >= 15 is 0 Å². The number of hydrogen-bond acceptors (Lipinski definition) is 4. The molecule has 3 N–H and O–H groups in total. The lowest BCUT2D eigenvalue weighted by Gasteiger charge is -2.26. The maximum atomic E-state index is 12.4. The number of rotatable bonds is 6. The number of sulfonamides is 1. The number of carbonyl (C=O) groups is 2. The lowest BCUT2D eigenvalue weighted by Crippen LogP contribution is -2.52. The minimum Gasteiger partial charge on any atom is -0.478 e. The van der Waals surface area contributed by atoms with Gasteiger partial charge in [0.2, 0.25) is 15.9 Å². The molecule has 1 heterocycles. The van der Waals surface area contributed by atoms with Crippen molar-refractivity contribution in [3.63, 3.8) is 0 Å². The summed E-state index contributed by atoms with van der Waals surface area (Å²) in [4.78, 5) is 23.8. The predicted molar refractivity (Wildman–Crippen MR) is 92.0 cm³/mol. The Morgan fingerprint density at radius 2 is 1.92 bits per heavy atom. The van der Waals surface area contributed by atoms with Gasteiger partial charge in [0.1, 0.15) is 6.04 Å². The van der Waals surface area contributed by atoms with Crippen LogP contribution in [0.4, 0.5) is 0 Å². The highest BCUT2D eigenvalue weighted by Gasteiger charge is 2.36. The van der Waals surface area contributed by atoms with Gasteiger partial charge in [0, 0.05) is 5.70 Å². The van der Waals surface area contributed by atoms with Crippen molar-refractivity contribution in [2.75, 3.05) is 5.75 Å². The minimum absolute atomic E-state index is 0.0611. The van der Waals surface area contributed by atoms with Crippen molar-refractivity contribution in [2.45, 2.75) is 51.0 Å². The summed E-state index contributed by atoms with van der Waals surface area (Å²) in [6.07, 6.45) is 10.1. The Morgan fingerprint density at radius 3 is 2.52 bits per heavy atom. The average Bonchev–Trinajstić information content (AvgIpc) is 3.34. The number of carbonyl (C=O) groups excluding carboxylic acids is 1. The zero-order chi connectivity index (χ0) is 18.0. The normalized spacial score (nSPS) is 27.0. The van der Waals surface area contributed by atoms with E-state index in [9.17, 15) is 23.1 Å². The zero-order valence-electron chi connectivity index (χ0n) is 14.0. The highest BCUT2D eigenvalue weighted by atomic mass is 32.2. The molecule has 25 heavy (non-hydrogen) atoms. The quantitative estimate of drug-likeness (QED) is 0.654. The summed E-state index contributed by atoms with van der Waals surface area (Å²) < 4.78 is 27.1. The largest absolute Gasteiger partial charge is 0.478 e. The van der Waals surface area contributed by atoms with Crippen LogP contribution in [-0.2, 0) is 19.6 Å². The van der Waals surface area contributed by atoms with Gasteiger partial charge in [-0.3, -0.25) is 4.79 Å². The standard InChI is InChI=1S/C17H24N2O5S/c20-16-15(19-25(23,24)10-12-4-2-1-3-5-12)14(17(21)22)9-13(18-16)8-11-6-7-11/h8-9,11-12,15,19H,1-7,10H2,(H,18,20)(H,21,22)/b13-8-. The second-order valence-electron chi connectivity index (χ2n) is 7.19. The fourth-order valence-corrected chi connectivity index (χ4v) is 5.09. The van der Waals surface area contributed by atoms with Gasteiger partial charge in [-0.15, -0.1) is 0 Å². The summed E-state index contributed by atoms with van der Waals surface area (Å²) in [5.74, 6) is -1.56. The van der Waals surface area contributed by atoms with Crippen LogP contribution in [0.1, 0.15) is 44.9 Å². The van der Waals surface area contributed by atoms with Crippen molar-refractivity contribution in [3.8, 4) is 0 Å². The van der Waals surface area contributed by atoms with Crippen LogP contribution < -0.4 is 10.0 Å². The summed E-state index contributed by atoms with van der Waals surface area (Å²) in [5.41, 5.74) is 0.204. The van der Waals surface area contributed by atoms with E-state index in [-0.39, 0.29) is 17.2 Å². The van der Waals surface area contributed by atoms with Crippen LogP contribution in [0.5, 0.6) is 0 Å². The summed E-state index contributed by atoms with van der Waals surface area (Å²) in [7, 11) is -3.74. The second kappa shape index (κ2) is 7.29. The first-order valence-electron chi connectivity index (χ1n) is 8.81. The highest BCUT2D eigenvalue weighted by molar-refractivity contribution is 7.89. The Balaban J connectivity index is 1.74. The van der Waals surface area contributed by atoms with Crippen molar-refractivity contribution in [3.05, 3.63) is 23.4 Å². The Morgan fingerprint density at radius 1 is 1.24 bits per heavy atom. The van der Waals surface area contributed by atoms with Gasteiger partial charge in [-0.05, 0) is 43.6 Å². The predicted octanol–water partition coefficient (Wildman–Crippen LogP) is 1.29. The molecule has 2 fully saturated rings. The average molecular weight is 368 g/mol. The van der Waals surface area contributed by atoms with Crippen molar-refractivity contribution in [2.24, 2.45) is 11.8 Å². The minimum atomic E-state index is -3.74. The molecule has 1 aliphatic heterocycles. The molecular formula is C17H24N2O5S. The SMILES string of the molecule is O=C(O)C1=C/C(=C/C2CC2)NC(=O)C1NS(=O)(=O)CC1CCCCC1. The van der Waals surface area contributed by atoms with Crippen LogP contribution in [0.15, 0.2) is 23.4 Å². The van der Waals surface area contributed by atoms with Gasteiger partial charge in [-0.1, -0.05) is 25.3 Å². The number of nitrogens with one attached hydrogen (secondary N) is 2. The third kappa shape index (κ3) is 4.92. The molecule has 0 aromatic carbocycles. The van der Waals surface area contributed by atoms with Gasteiger partial charge in [0.15, 0.2) is 0 Å². The van der Waals surface area contributed by atoms with E-state index in [1.807, 2.05) is 6.08 Å². The summed E-state index contributed by atoms with van der Waals surface area (Å²) in [6, 6.07) is -1.39. The number of hydrogen-bond donors (Lipinski definition) is 3. The van der Waals surface area contributed by atoms with Crippen LogP contribution in [-0.4, -0.2) is 37.2 Å². The number of carboxylic acid groups (broad SMARTS) is 1. The Hall–Kier alpha value is -1.67. The van der Waals surface area contributed by atoms with Gasteiger partial charge in [-0.2, -0.15) is 4.72 Å². The molecule has 1 amide bonds. The summed E-state index contributed by atoms with van der Waals surface area (Å²) >= 11 is 0. The number of carboxylic acids is 1. The number of aliphatic carboxylic acids is 1. The molecule has 138 valence electrons. The van der Waals surface area contributed by atoms with Crippen molar-refractivity contribution in [1.29, 1.82) is 0 Å². The van der Waals surface area contributed by atoms with Crippen LogP contribution >= 0.6 is 0 Å². The van der Waals surface area contributed by atoms with E-state index in [1.54, 1.807) is 0 Å². The maximum Gasteiger partial charge on any atom is 0.333 e. The fourth-order valence-electron chi connectivity index (χ4n) is 3.44. The zero-order valence-corrected chi connectivity index (χ0v) is 14.8. The lowest BCUT2D eigenvalue weighted by atomic mass is 9.91. The monoisotopic (exact) mass is 368 g/mol. The van der Waals surface area contributed by atoms with Gasteiger partial charge in [0.05, 0.1) is 11.3 Å². The molecule has 1 unspecified atom stereocenters. The molecule has 7 nitrogen and oxygen atoms in total. The van der Waals surface area contributed by atoms with E-state index in [2.05, 4.69) is 10.0 Å². The van der Waals surface area contributed by atoms with Crippen LogP contribution in [0.25, 0.3) is 0 Å². The topological polar surface area (TPSA) is 113 Å². The number of amides is 1. The molecule has 0 aromatic rings. The molecule has 3 aliphatic rings. The molecule has 0 bridgehead atoms. The lowest BCUT2D eigenvalue weighted by molar-refractivity contribution is -0.134. The Bertz CT molecular complexity index is 715. The first-order chi connectivity index (χ1) is 11.8. The maximum absolute atomic E-state index is 12.4. The molecule has 1 atom stereocenters. The Labute approximate surface area is 147 Å². The first-order valence-corrected chi connectivity index (χ1v) is 10.5. The Kier molecular flexibility index (Phi) is 5.29. The molecule has 0 radical (unpaired) electrons. The molecule has 0 aromatic heterocycles. The summed E-state index contributed by atoms with van der Waals surface area (Å²) in [5, 5.41) is 12.0. The molecule has 3 rings (SSSR count). The third-order valence-electron chi connectivity index (χ3n) is 4.91. The molecule has 2 aliphatic carbocycles. The van der Waals surface area contributed by atoms with Crippen LogP contribution in [0, 0.1) is 11.8 Å². The molecular weight excluding hydrogens is 344 g/mol. The molecule has 0 saturated heterocycles.